The summed E-state index contributed by atoms with van der Waals surface area (Å²) in [6.07, 6.45) is 0. The molecule has 0 aromatic heterocycles. The van der Waals surface area contributed by atoms with Crippen molar-refractivity contribution in [3.05, 3.63) is 35.4 Å². The Morgan fingerprint density at radius 3 is 2.54 bits per heavy atom. The number of nitrogens with zero attached hydrogens (tertiary/aromatic N) is 2. The number of rotatable bonds is 5. The van der Waals surface area contributed by atoms with Gasteiger partial charge in [0.15, 0.2) is 6.61 Å². The van der Waals surface area contributed by atoms with Gasteiger partial charge in [-0.1, -0.05) is 6.07 Å². The van der Waals surface area contributed by atoms with E-state index in [1.54, 1.807) is 12.1 Å². The van der Waals surface area contributed by atoms with Gasteiger partial charge in [0.25, 0.3) is 5.91 Å². The summed E-state index contributed by atoms with van der Waals surface area (Å²) in [6.45, 7) is 4.91. The second kappa shape index (κ2) is 8.11. The molecule has 0 spiro atoms. The molecule has 1 rings (SSSR count). The lowest BCUT2D eigenvalue weighted by atomic mass is 10.1. The predicted molar refractivity (Wildman–Crippen MR) is 87.0 cm³/mol. The maximum Gasteiger partial charge on any atom is 0.338 e. The minimum absolute atomic E-state index is 0.127. The number of hydrogen-bond donors (Lipinski definition) is 1. The Balaban J connectivity index is 2.51. The van der Waals surface area contributed by atoms with Crippen molar-refractivity contribution in [2.75, 3.05) is 20.2 Å². The summed E-state index contributed by atoms with van der Waals surface area (Å²) in [6, 6.07) is 7.91. The van der Waals surface area contributed by atoms with Gasteiger partial charge in [0.05, 0.1) is 23.7 Å². The van der Waals surface area contributed by atoms with E-state index in [-0.39, 0.29) is 23.6 Å². The Morgan fingerprint density at radius 2 is 1.96 bits per heavy atom. The maximum absolute atomic E-state index is 11.9. The second-order valence-electron chi connectivity index (χ2n) is 6.32. The van der Waals surface area contributed by atoms with Crippen LogP contribution in [-0.4, -0.2) is 48.4 Å². The van der Waals surface area contributed by atoms with Gasteiger partial charge in [0.2, 0.25) is 5.91 Å². The van der Waals surface area contributed by atoms with Gasteiger partial charge in [-0.05, 0) is 39.0 Å². The number of nitrogens with one attached hydrogen (secondary N) is 1. The maximum atomic E-state index is 11.9. The fourth-order valence-electron chi connectivity index (χ4n) is 1.80. The topological polar surface area (TPSA) is 99.5 Å². The number of amides is 2. The molecule has 0 aliphatic rings. The average molecular weight is 331 g/mol. The number of benzene rings is 1. The zero-order chi connectivity index (χ0) is 18.3. The fraction of sp³-hybridized carbons (Fsp3) is 0.412. The van der Waals surface area contributed by atoms with Crippen molar-refractivity contribution in [1.29, 1.82) is 5.26 Å². The Morgan fingerprint density at radius 1 is 1.29 bits per heavy atom. The highest BCUT2D eigenvalue weighted by molar-refractivity contribution is 5.92. The molecule has 2 amide bonds. The summed E-state index contributed by atoms with van der Waals surface area (Å²) < 4.78 is 4.92. The molecule has 1 N–H and O–H groups in total. The van der Waals surface area contributed by atoms with E-state index in [1.165, 1.54) is 24.1 Å². The SMILES string of the molecule is CN(CC(=O)NC(C)(C)C)C(=O)COC(=O)c1cccc(C#N)c1. The molecule has 7 nitrogen and oxygen atoms in total. The summed E-state index contributed by atoms with van der Waals surface area (Å²) in [5, 5.41) is 11.5. The lowest BCUT2D eigenvalue weighted by Crippen LogP contribution is -2.46. The number of nitriles is 1. The number of hydrogen-bond acceptors (Lipinski definition) is 5. The monoisotopic (exact) mass is 331 g/mol. The van der Waals surface area contributed by atoms with E-state index < -0.39 is 18.5 Å². The third kappa shape index (κ3) is 6.48. The molecule has 0 radical (unpaired) electrons. The van der Waals surface area contributed by atoms with Crippen molar-refractivity contribution < 1.29 is 19.1 Å². The number of carbonyl (C=O) groups excluding carboxylic acids is 3. The highest BCUT2D eigenvalue weighted by Gasteiger charge is 2.19. The predicted octanol–water partition coefficient (Wildman–Crippen LogP) is 1.09. The van der Waals surface area contributed by atoms with E-state index in [0.717, 1.165) is 0 Å². The normalized spacial score (nSPS) is 10.5. The van der Waals surface area contributed by atoms with E-state index in [1.807, 2.05) is 26.8 Å². The van der Waals surface area contributed by atoms with Crippen LogP contribution in [0.1, 0.15) is 36.7 Å². The second-order valence-corrected chi connectivity index (χ2v) is 6.32. The van der Waals surface area contributed by atoms with Crippen LogP contribution in [0.5, 0.6) is 0 Å². The molecule has 0 fully saturated rings. The molecule has 1 aromatic rings. The molecule has 0 saturated carbocycles. The molecule has 0 saturated heterocycles. The molecule has 0 heterocycles. The number of likely N-dealkylation sites (N-methyl/N-ethyl adjacent to an activating group) is 1. The Hall–Kier alpha value is -2.88. The van der Waals surface area contributed by atoms with Gasteiger partial charge in [0.1, 0.15) is 0 Å². The van der Waals surface area contributed by atoms with Gasteiger partial charge >= 0.3 is 5.97 Å². The average Bonchev–Trinajstić information content (AvgIpc) is 2.50. The van der Waals surface area contributed by atoms with Gasteiger partial charge in [-0.25, -0.2) is 4.79 Å². The molecule has 24 heavy (non-hydrogen) atoms. The van der Waals surface area contributed by atoms with Gasteiger partial charge < -0.3 is 15.0 Å². The third-order valence-electron chi connectivity index (χ3n) is 2.88. The minimum atomic E-state index is -0.701. The number of ether oxygens (including phenoxy) is 1. The van der Waals surface area contributed by atoms with Crippen molar-refractivity contribution in [3.63, 3.8) is 0 Å². The van der Waals surface area contributed by atoms with Crippen molar-refractivity contribution in [1.82, 2.24) is 10.2 Å². The van der Waals surface area contributed by atoms with Crippen LogP contribution in [0.2, 0.25) is 0 Å². The summed E-state index contributed by atoms with van der Waals surface area (Å²) >= 11 is 0. The van der Waals surface area contributed by atoms with Gasteiger partial charge in [-0.15, -0.1) is 0 Å². The first-order valence-corrected chi connectivity index (χ1v) is 7.34. The largest absolute Gasteiger partial charge is 0.452 e. The van der Waals surface area contributed by atoms with Crippen LogP contribution in [0, 0.1) is 11.3 Å². The molecule has 0 aliphatic heterocycles. The Bertz CT molecular complexity index is 671. The molecule has 7 heteroatoms. The van der Waals surface area contributed by atoms with Crippen molar-refractivity contribution in [3.8, 4) is 6.07 Å². The first-order valence-electron chi connectivity index (χ1n) is 7.34. The summed E-state index contributed by atoms with van der Waals surface area (Å²) in [4.78, 5) is 36.7. The van der Waals surface area contributed by atoms with Gasteiger partial charge in [0, 0.05) is 12.6 Å². The molecule has 0 atom stereocenters. The molecule has 0 unspecified atom stereocenters. The lowest BCUT2D eigenvalue weighted by Gasteiger charge is -2.23. The molecular weight excluding hydrogens is 310 g/mol. The van der Waals surface area contributed by atoms with Crippen LogP contribution in [-0.2, 0) is 14.3 Å². The first-order chi connectivity index (χ1) is 11.1. The zero-order valence-corrected chi connectivity index (χ0v) is 14.3. The molecule has 0 aliphatic carbocycles. The molecule has 1 aromatic carbocycles. The number of esters is 1. The van der Waals surface area contributed by atoms with E-state index in [2.05, 4.69) is 5.32 Å². The van der Waals surface area contributed by atoms with Crippen molar-refractivity contribution >= 4 is 17.8 Å². The zero-order valence-electron chi connectivity index (χ0n) is 14.3. The third-order valence-corrected chi connectivity index (χ3v) is 2.88. The molecule has 128 valence electrons. The van der Waals surface area contributed by atoms with E-state index in [4.69, 9.17) is 10.00 Å². The van der Waals surface area contributed by atoms with Crippen LogP contribution in [0.4, 0.5) is 0 Å². The summed E-state index contributed by atoms with van der Waals surface area (Å²) in [5.74, 6) is -1.50. The highest BCUT2D eigenvalue weighted by Crippen LogP contribution is 2.06. The number of carbonyl (C=O) groups is 3. The van der Waals surface area contributed by atoms with Crippen LogP contribution < -0.4 is 5.32 Å². The lowest BCUT2D eigenvalue weighted by molar-refractivity contribution is -0.137. The smallest absolute Gasteiger partial charge is 0.338 e. The van der Waals surface area contributed by atoms with Gasteiger partial charge in [-0.3, -0.25) is 9.59 Å². The van der Waals surface area contributed by atoms with Crippen LogP contribution in [0.15, 0.2) is 24.3 Å². The van der Waals surface area contributed by atoms with Crippen LogP contribution in [0.25, 0.3) is 0 Å². The Kier molecular flexibility index (Phi) is 6.48. The quantitative estimate of drug-likeness (QED) is 0.814. The standard InChI is InChI=1S/C17H21N3O4/c1-17(2,3)19-14(21)10-20(4)15(22)11-24-16(23)13-7-5-6-12(8-13)9-18/h5-8H,10-11H2,1-4H3,(H,19,21). The molecular formula is C17H21N3O4. The fourth-order valence-corrected chi connectivity index (χ4v) is 1.80. The highest BCUT2D eigenvalue weighted by atomic mass is 16.5. The summed E-state index contributed by atoms with van der Waals surface area (Å²) in [7, 11) is 1.45. The summed E-state index contributed by atoms with van der Waals surface area (Å²) in [5.41, 5.74) is 0.126. The van der Waals surface area contributed by atoms with Gasteiger partial charge in [-0.2, -0.15) is 5.26 Å². The van der Waals surface area contributed by atoms with E-state index in [0.29, 0.717) is 5.56 Å². The van der Waals surface area contributed by atoms with Crippen LogP contribution >= 0.6 is 0 Å². The molecule has 0 bridgehead atoms. The Labute approximate surface area is 141 Å². The van der Waals surface area contributed by atoms with Crippen molar-refractivity contribution in [2.24, 2.45) is 0 Å². The van der Waals surface area contributed by atoms with Crippen LogP contribution in [0.3, 0.4) is 0 Å². The first kappa shape index (κ1) is 19.2. The van der Waals surface area contributed by atoms with E-state index >= 15 is 0 Å². The van der Waals surface area contributed by atoms with E-state index in [9.17, 15) is 14.4 Å². The van der Waals surface area contributed by atoms with Crippen molar-refractivity contribution in [2.45, 2.75) is 26.3 Å². The minimum Gasteiger partial charge on any atom is -0.452 e.